The van der Waals surface area contributed by atoms with Gasteiger partial charge in [-0.15, -0.1) is 10.2 Å². The minimum atomic E-state index is -0.168. The molecular formula is C19H19ClN4O2S. The third-order valence-electron chi connectivity index (χ3n) is 3.92. The highest BCUT2D eigenvalue weighted by Gasteiger charge is 2.13. The van der Waals surface area contributed by atoms with Crippen molar-refractivity contribution >= 4 is 35.0 Å². The van der Waals surface area contributed by atoms with E-state index < -0.39 is 0 Å². The molecule has 0 bridgehead atoms. The van der Waals surface area contributed by atoms with Crippen LogP contribution in [-0.4, -0.2) is 33.5 Å². The summed E-state index contributed by atoms with van der Waals surface area (Å²) in [5.74, 6) is 0.542. The highest BCUT2D eigenvalue weighted by atomic mass is 35.5. The fourth-order valence-electron chi connectivity index (χ4n) is 2.45. The molecule has 1 heterocycles. The molecule has 0 aliphatic carbocycles. The first-order valence-corrected chi connectivity index (χ1v) is 9.58. The van der Waals surface area contributed by atoms with E-state index in [0.29, 0.717) is 21.6 Å². The zero-order valence-corrected chi connectivity index (χ0v) is 16.8. The van der Waals surface area contributed by atoms with E-state index in [1.807, 2.05) is 42.7 Å². The first kappa shape index (κ1) is 19.3. The Morgan fingerprint density at radius 2 is 2.00 bits per heavy atom. The maximum atomic E-state index is 12.4. The Balaban J connectivity index is 1.68. The number of aryl methyl sites for hydroxylation is 2. The molecule has 0 saturated carbocycles. The molecule has 1 aromatic heterocycles. The molecular weight excluding hydrogens is 384 g/mol. The fraction of sp³-hybridized carbons (Fsp3) is 0.211. The Labute approximate surface area is 166 Å². The van der Waals surface area contributed by atoms with Crippen molar-refractivity contribution in [2.24, 2.45) is 0 Å². The number of hydrogen-bond donors (Lipinski definition) is 1. The number of rotatable bonds is 6. The molecule has 0 fully saturated rings. The van der Waals surface area contributed by atoms with E-state index in [4.69, 9.17) is 16.3 Å². The van der Waals surface area contributed by atoms with Crippen molar-refractivity contribution in [1.82, 2.24) is 14.8 Å². The van der Waals surface area contributed by atoms with Crippen LogP contribution < -0.4 is 10.1 Å². The summed E-state index contributed by atoms with van der Waals surface area (Å²) >= 11 is 7.41. The van der Waals surface area contributed by atoms with E-state index in [2.05, 4.69) is 15.5 Å². The summed E-state index contributed by atoms with van der Waals surface area (Å²) < 4.78 is 7.14. The predicted octanol–water partition coefficient (Wildman–Crippen LogP) is 4.28. The molecule has 6 nitrogen and oxygen atoms in total. The highest BCUT2D eigenvalue weighted by Crippen LogP contribution is 2.31. The van der Waals surface area contributed by atoms with Crippen LogP contribution in [0.4, 0.5) is 5.69 Å². The van der Waals surface area contributed by atoms with E-state index in [-0.39, 0.29) is 11.7 Å². The van der Waals surface area contributed by atoms with E-state index >= 15 is 0 Å². The molecule has 0 radical (unpaired) electrons. The average Bonchev–Trinajstić information content (AvgIpc) is 3.12. The van der Waals surface area contributed by atoms with Crippen LogP contribution in [0.3, 0.4) is 0 Å². The maximum Gasteiger partial charge on any atom is 0.234 e. The summed E-state index contributed by atoms with van der Waals surface area (Å²) in [4.78, 5) is 12.4. The maximum absolute atomic E-state index is 12.4. The van der Waals surface area contributed by atoms with Gasteiger partial charge in [-0.3, -0.25) is 9.36 Å². The molecule has 3 rings (SSSR count). The molecule has 1 N–H and O–H groups in total. The number of aromatic nitrogens is 3. The minimum Gasteiger partial charge on any atom is -0.495 e. The lowest BCUT2D eigenvalue weighted by Crippen LogP contribution is -2.15. The molecule has 8 heteroatoms. The number of benzene rings is 2. The van der Waals surface area contributed by atoms with Gasteiger partial charge in [0.05, 0.1) is 18.6 Å². The lowest BCUT2D eigenvalue weighted by Gasteiger charge is -2.12. The van der Waals surface area contributed by atoms with Crippen molar-refractivity contribution < 1.29 is 9.53 Å². The summed E-state index contributed by atoms with van der Waals surface area (Å²) in [6.45, 7) is 3.90. The molecule has 0 aliphatic heterocycles. The third-order valence-corrected chi connectivity index (χ3v) is 5.27. The number of anilines is 1. The molecule has 0 aliphatic rings. The van der Waals surface area contributed by atoms with Gasteiger partial charge in [-0.1, -0.05) is 41.1 Å². The van der Waals surface area contributed by atoms with Crippen LogP contribution in [0, 0.1) is 13.8 Å². The fourth-order valence-corrected chi connectivity index (χ4v) is 3.33. The Morgan fingerprint density at radius 1 is 1.26 bits per heavy atom. The van der Waals surface area contributed by atoms with E-state index in [0.717, 1.165) is 11.3 Å². The minimum absolute atomic E-state index is 0.168. The highest BCUT2D eigenvalue weighted by molar-refractivity contribution is 7.99. The normalized spacial score (nSPS) is 10.7. The summed E-state index contributed by atoms with van der Waals surface area (Å²) in [6, 6.07) is 11.5. The van der Waals surface area contributed by atoms with Crippen molar-refractivity contribution in [3.05, 3.63) is 58.9 Å². The number of nitrogens with zero attached hydrogens (tertiary/aromatic N) is 3. The second-order valence-electron chi connectivity index (χ2n) is 5.96. The number of hydrogen-bond acceptors (Lipinski definition) is 5. The third kappa shape index (κ3) is 4.61. The van der Waals surface area contributed by atoms with Gasteiger partial charge in [-0.2, -0.15) is 0 Å². The number of thioether (sulfide) groups is 1. The molecule has 1 amide bonds. The summed E-state index contributed by atoms with van der Waals surface area (Å²) in [5.41, 5.74) is 3.57. The molecule has 0 unspecified atom stereocenters. The van der Waals surface area contributed by atoms with Crippen molar-refractivity contribution in [1.29, 1.82) is 0 Å². The second kappa shape index (κ2) is 8.45. The molecule has 2 aromatic carbocycles. The van der Waals surface area contributed by atoms with E-state index in [1.54, 1.807) is 18.5 Å². The lowest BCUT2D eigenvalue weighted by molar-refractivity contribution is -0.113. The average molecular weight is 403 g/mol. The lowest BCUT2D eigenvalue weighted by atomic mass is 10.2. The van der Waals surface area contributed by atoms with Crippen LogP contribution >= 0.6 is 23.4 Å². The summed E-state index contributed by atoms with van der Waals surface area (Å²) in [6.07, 6.45) is 1.64. The standard InChI is InChI=1S/C19H19ClN4O2S/c1-12-4-6-14(7-5-12)24-11-21-23-19(24)27-10-18(25)22-16-8-13(2)15(20)9-17(16)26-3/h4-9,11H,10H2,1-3H3,(H,22,25). The second-order valence-corrected chi connectivity index (χ2v) is 7.31. The van der Waals surface area contributed by atoms with Crippen molar-refractivity contribution in [3.8, 4) is 11.4 Å². The molecule has 140 valence electrons. The number of methoxy groups -OCH3 is 1. The summed E-state index contributed by atoms with van der Waals surface area (Å²) in [5, 5.41) is 12.2. The zero-order chi connectivity index (χ0) is 19.4. The molecule has 27 heavy (non-hydrogen) atoms. The Morgan fingerprint density at radius 3 is 2.70 bits per heavy atom. The number of ether oxygens (including phenoxy) is 1. The van der Waals surface area contributed by atoms with Gasteiger partial charge in [-0.05, 0) is 37.6 Å². The van der Waals surface area contributed by atoms with Gasteiger partial charge in [0, 0.05) is 16.8 Å². The van der Waals surface area contributed by atoms with Gasteiger partial charge < -0.3 is 10.1 Å². The predicted molar refractivity (Wildman–Crippen MR) is 108 cm³/mol. The van der Waals surface area contributed by atoms with Gasteiger partial charge in [-0.25, -0.2) is 0 Å². The zero-order valence-electron chi connectivity index (χ0n) is 15.2. The van der Waals surface area contributed by atoms with Gasteiger partial charge in [0.25, 0.3) is 0 Å². The van der Waals surface area contributed by atoms with E-state index in [9.17, 15) is 4.79 Å². The van der Waals surface area contributed by atoms with E-state index in [1.165, 1.54) is 24.4 Å². The van der Waals surface area contributed by atoms with Crippen LogP contribution in [0.5, 0.6) is 5.75 Å². The Hall–Kier alpha value is -2.51. The monoisotopic (exact) mass is 402 g/mol. The van der Waals surface area contributed by atoms with Crippen molar-refractivity contribution in [3.63, 3.8) is 0 Å². The van der Waals surface area contributed by atoms with Crippen LogP contribution in [0.15, 0.2) is 47.9 Å². The van der Waals surface area contributed by atoms with Crippen molar-refractivity contribution in [2.45, 2.75) is 19.0 Å². The first-order valence-electron chi connectivity index (χ1n) is 8.22. The SMILES string of the molecule is COc1cc(Cl)c(C)cc1NC(=O)CSc1nncn1-c1ccc(C)cc1. The van der Waals surface area contributed by atoms with Crippen LogP contribution in [-0.2, 0) is 4.79 Å². The Bertz CT molecular complexity index is 957. The molecule has 3 aromatic rings. The van der Waals surface area contributed by atoms with Gasteiger partial charge in [0.1, 0.15) is 12.1 Å². The van der Waals surface area contributed by atoms with Gasteiger partial charge in [0.2, 0.25) is 5.91 Å². The molecule has 0 spiro atoms. The van der Waals surface area contributed by atoms with Crippen LogP contribution in [0.1, 0.15) is 11.1 Å². The Kier molecular flexibility index (Phi) is 6.03. The topological polar surface area (TPSA) is 69.0 Å². The smallest absolute Gasteiger partial charge is 0.234 e. The number of carbonyl (C=O) groups is 1. The number of amides is 1. The molecule has 0 saturated heterocycles. The summed E-state index contributed by atoms with van der Waals surface area (Å²) in [7, 11) is 1.54. The van der Waals surface area contributed by atoms with Crippen LogP contribution in [0.2, 0.25) is 5.02 Å². The number of carbonyl (C=O) groups excluding carboxylic acids is 1. The quantitative estimate of drug-likeness (QED) is 0.623. The van der Waals surface area contributed by atoms with Gasteiger partial charge in [0.15, 0.2) is 5.16 Å². The number of halogens is 1. The van der Waals surface area contributed by atoms with Crippen molar-refractivity contribution in [2.75, 3.05) is 18.2 Å². The van der Waals surface area contributed by atoms with Gasteiger partial charge >= 0.3 is 0 Å². The largest absolute Gasteiger partial charge is 0.495 e. The first-order chi connectivity index (χ1) is 13.0. The molecule has 0 atom stereocenters. The van der Waals surface area contributed by atoms with Crippen LogP contribution in [0.25, 0.3) is 5.69 Å². The number of nitrogens with one attached hydrogen (secondary N) is 1.